The van der Waals surface area contributed by atoms with E-state index in [1.54, 1.807) is 36.4 Å². The van der Waals surface area contributed by atoms with Crippen LogP contribution >= 0.6 is 0 Å². The Morgan fingerprint density at radius 2 is 2.04 bits per heavy atom. The van der Waals surface area contributed by atoms with Crippen molar-refractivity contribution in [3.8, 4) is 6.07 Å². The lowest BCUT2D eigenvalue weighted by atomic mass is 9.78. The van der Waals surface area contributed by atoms with Crippen LogP contribution in [0.2, 0.25) is 0 Å². The second-order valence-corrected chi connectivity index (χ2v) is 6.94. The van der Waals surface area contributed by atoms with E-state index in [9.17, 15) is 13.2 Å². The second kappa shape index (κ2) is 6.95. The summed E-state index contributed by atoms with van der Waals surface area (Å²) in [6, 6.07) is 0.961. The van der Waals surface area contributed by atoms with Gasteiger partial charge in [-0.05, 0) is 23.6 Å². The monoisotopic (exact) mass is 391 g/mol. The molecule has 2 heterocycles. The van der Waals surface area contributed by atoms with Crippen LogP contribution in [0, 0.1) is 17.2 Å². The fraction of sp³-hybridized carbons (Fsp3) is 0.421. The predicted octanol–water partition coefficient (Wildman–Crippen LogP) is 3.38. The molecule has 2 unspecified atom stereocenters. The summed E-state index contributed by atoms with van der Waals surface area (Å²) in [5, 5.41) is 19.7. The standard InChI is InChI=1S/C19H20F3N5O/c1-11(2)18(28-4,15-10-24-26-25-15)16-8-6-13-14(27(16)3)7-5-12(9-23)17(13)19(20,21)22/h5-8,10-11,14H,1-4H3,(H,24,25,26). The highest BCUT2D eigenvalue weighted by Crippen LogP contribution is 2.46. The molecular formula is C19H20F3N5O. The van der Waals surface area contributed by atoms with Crippen LogP contribution in [0.5, 0.6) is 0 Å². The van der Waals surface area contributed by atoms with E-state index in [1.165, 1.54) is 19.3 Å². The van der Waals surface area contributed by atoms with Gasteiger partial charge in [-0.2, -0.15) is 33.8 Å². The first-order valence-corrected chi connectivity index (χ1v) is 8.65. The second-order valence-electron chi connectivity index (χ2n) is 6.94. The predicted molar refractivity (Wildman–Crippen MR) is 95.5 cm³/mol. The fourth-order valence-electron chi connectivity index (χ4n) is 3.98. The lowest BCUT2D eigenvalue weighted by Crippen LogP contribution is -2.48. The van der Waals surface area contributed by atoms with Gasteiger partial charge >= 0.3 is 6.18 Å². The molecule has 28 heavy (non-hydrogen) atoms. The van der Waals surface area contributed by atoms with Crippen molar-refractivity contribution in [3.05, 3.63) is 58.6 Å². The number of nitrogens with zero attached hydrogens (tertiary/aromatic N) is 4. The molecule has 0 radical (unpaired) electrons. The summed E-state index contributed by atoms with van der Waals surface area (Å²) in [4.78, 5) is 1.73. The Labute approximate surface area is 160 Å². The normalized spacial score (nSPS) is 21.8. The number of allylic oxidation sites excluding steroid dienone is 4. The smallest absolute Gasteiger partial charge is 0.365 e. The Hall–Kier alpha value is -2.86. The summed E-state index contributed by atoms with van der Waals surface area (Å²) in [5.41, 5.74) is -1.08. The summed E-state index contributed by atoms with van der Waals surface area (Å²) in [7, 11) is 3.24. The quantitative estimate of drug-likeness (QED) is 0.851. The first-order valence-electron chi connectivity index (χ1n) is 8.65. The maximum absolute atomic E-state index is 13.7. The van der Waals surface area contributed by atoms with Gasteiger partial charge in [0, 0.05) is 14.2 Å². The highest BCUT2D eigenvalue weighted by Gasteiger charge is 2.49. The van der Waals surface area contributed by atoms with Crippen molar-refractivity contribution < 1.29 is 17.9 Å². The van der Waals surface area contributed by atoms with Gasteiger partial charge in [-0.15, -0.1) is 0 Å². The van der Waals surface area contributed by atoms with Crippen LogP contribution in [-0.4, -0.2) is 46.7 Å². The topological polar surface area (TPSA) is 77.8 Å². The van der Waals surface area contributed by atoms with Gasteiger partial charge in [-0.25, -0.2) is 0 Å². The van der Waals surface area contributed by atoms with Gasteiger partial charge in [0.25, 0.3) is 0 Å². The lowest BCUT2D eigenvalue weighted by Gasteiger charge is -2.46. The molecule has 6 nitrogen and oxygen atoms in total. The number of halogens is 3. The number of methoxy groups -OCH3 is 1. The third-order valence-electron chi connectivity index (χ3n) is 5.25. The van der Waals surface area contributed by atoms with Gasteiger partial charge in [0.2, 0.25) is 0 Å². The van der Waals surface area contributed by atoms with Crippen LogP contribution < -0.4 is 0 Å². The minimum Gasteiger partial charge on any atom is -0.365 e. The van der Waals surface area contributed by atoms with Crippen molar-refractivity contribution in [2.24, 2.45) is 5.92 Å². The van der Waals surface area contributed by atoms with E-state index in [4.69, 9.17) is 10.00 Å². The average molecular weight is 391 g/mol. The molecule has 1 N–H and O–H groups in total. The number of aromatic amines is 1. The van der Waals surface area contributed by atoms with E-state index in [1.807, 2.05) is 13.8 Å². The zero-order valence-corrected chi connectivity index (χ0v) is 15.9. The number of nitrogens with one attached hydrogen (secondary N) is 1. The molecule has 1 aromatic heterocycles. The highest BCUT2D eigenvalue weighted by molar-refractivity contribution is 5.59. The van der Waals surface area contributed by atoms with Crippen molar-refractivity contribution in [2.45, 2.75) is 31.7 Å². The van der Waals surface area contributed by atoms with E-state index in [0.29, 0.717) is 11.4 Å². The summed E-state index contributed by atoms with van der Waals surface area (Å²) < 4.78 is 46.9. The third kappa shape index (κ3) is 2.85. The van der Waals surface area contributed by atoms with E-state index in [2.05, 4.69) is 15.4 Å². The molecule has 2 atom stereocenters. The summed E-state index contributed by atoms with van der Waals surface area (Å²) in [6.07, 6.45) is 2.75. The zero-order chi connectivity index (χ0) is 20.7. The molecule has 0 spiro atoms. The molecule has 0 aromatic carbocycles. The highest BCUT2D eigenvalue weighted by atomic mass is 19.4. The average Bonchev–Trinajstić information content (AvgIpc) is 3.17. The Morgan fingerprint density at radius 3 is 2.54 bits per heavy atom. The molecule has 2 aliphatic rings. The number of hydrogen-bond acceptors (Lipinski definition) is 5. The summed E-state index contributed by atoms with van der Waals surface area (Å²) >= 11 is 0. The van der Waals surface area contributed by atoms with E-state index >= 15 is 0 Å². The van der Waals surface area contributed by atoms with Gasteiger partial charge in [0.15, 0.2) is 5.60 Å². The van der Waals surface area contributed by atoms with Crippen molar-refractivity contribution >= 4 is 0 Å². The van der Waals surface area contributed by atoms with Crippen LogP contribution in [0.1, 0.15) is 19.5 Å². The Kier molecular flexibility index (Phi) is 4.93. The molecule has 1 aliphatic carbocycles. The Morgan fingerprint density at radius 1 is 1.32 bits per heavy atom. The molecule has 0 bridgehead atoms. The molecule has 3 rings (SSSR count). The molecule has 0 saturated carbocycles. The van der Waals surface area contributed by atoms with Gasteiger partial charge in [-0.1, -0.05) is 26.0 Å². The van der Waals surface area contributed by atoms with Crippen molar-refractivity contribution in [3.63, 3.8) is 0 Å². The number of ether oxygens (including phenoxy) is 1. The van der Waals surface area contributed by atoms with Gasteiger partial charge in [0.05, 0.1) is 35.2 Å². The molecule has 1 aliphatic heterocycles. The number of nitriles is 1. The number of likely N-dealkylation sites (N-methyl/N-ethyl adjacent to an activating group) is 1. The SMILES string of the molecule is COC(C1=CC=C2C(C(F)(F)F)=C(C#N)C=CC2N1C)(c1cn[nH]n1)C(C)C. The number of rotatable bonds is 4. The van der Waals surface area contributed by atoms with Gasteiger partial charge in [0.1, 0.15) is 5.69 Å². The lowest BCUT2D eigenvalue weighted by molar-refractivity contribution is -0.0910. The van der Waals surface area contributed by atoms with Crippen LogP contribution in [0.3, 0.4) is 0 Å². The minimum atomic E-state index is -4.63. The van der Waals surface area contributed by atoms with Crippen LogP contribution in [0.15, 0.2) is 52.9 Å². The van der Waals surface area contributed by atoms with E-state index < -0.39 is 29.0 Å². The molecule has 0 fully saturated rings. The fourth-order valence-corrected chi connectivity index (χ4v) is 3.98. The van der Waals surface area contributed by atoms with Crippen molar-refractivity contribution in [2.75, 3.05) is 14.2 Å². The number of aromatic nitrogens is 3. The van der Waals surface area contributed by atoms with Crippen molar-refractivity contribution in [1.82, 2.24) is 20.3 Å². The maximum atomic E-state index is 13.7. The molecular weight excluding hydrogens is 371 g/mol. The first-order chi connectivity index (χ1) is 13.2. The summed E-state index contributed by atoms with van der Waals surface area (Å²) in [6.45, 7) is 3.88. The summed E-state index contributed by atoms with van der Waals surface area (Å²) in [5.74, 6) is -0.0916. The molecule has 0 amide bonds. The molecule has 0 saturated heterocycles. The Bertz CT molecular complexity index is 918. The largest absolute Gasteiger partial charge is 0.418 e. The van der Waals surface area contributed by atoms with E-state index in [0.717, 1.165) is 0 Å². The third-order valence-corrected chi connectivity index (χ3v) is 5.25. The number of alkyl halides is 3. The van der Waals surface area contributed by atoms with Gasteiger partial charge < -0.3 is 9.64 Å². The van der Waals surface area contributed by atoms with Gasteiger partial charge in [-0.3, -0.25) is 0 Å². The number of fused-ring (bicyclic) bond motifs is 1. The first kappa shape index (κ1) is 19.9. The molecule has 9 heteroatoms. The Balaban J connectivity index is 2.21. The zero-order valence-electron chi connectivity index (χ0n) is 15.9. The van der Waals surface area contributed by atoms with Crippen molar-refractivity contribution in [1.29, 1.82) is 5.26 Å². The number of hydrogen-bond donors (Lipinski definition) is 1. The number of H-pyrrole nitrogens is 1. The molecule has 148 valence electrons. The maximum Gasteiger partial charge on any atom is 0.418 e. The molecule has 1 aromatic rings. The minimum absolute atomic E-state index is 0.0340. The van der Waals surface area contributed by atoms with Crippen LogP contribution in [-0.2, 0) is 10.3 Å². The van der Waals surface area contributed by atoms with E-state index in [-0.39, 0.29) is 11.5 Å². The van der Waals surface area contributed by atoms with Crippen LogP contribution in [0.25, 0.3) is 0 Å². The van der Waals surface area contributed by atoms with Crippen LogP contribution in [0.4, 0.5) is 13.2 Å².